The molecule has 0 radical (unpaired) electrons. The third-order valence-corrected chi connectivity index (χ3v) is 13.3. The summed E-state index contributed by atoms with van der Waals surface area (Å²) in [4.78, 5) is 4.46. The molecule has 8 heteroatoms. The molecule has 0 saturated carbocycles. The molecule has 0 bridgehead atoms. The van der Waals surface area contributed by atoms with Crippen LogP contribution in [0.2, 0.25) is 0 Å². The van der Waals surface area contributed by atoms with Gasteiger partial charge in [0, 0.05) is 0 Å². The van der Waals surface area contributed by atoms with E-state index in [-0.39, 0.29) is 6.17 Å². The number of unbranched alkanes of at least 4 members (excludes halogenated alkanes) is 3. The number of aliphatic imine (C=N–C) groups is 1. The molecule has 0 aliphatic carbocycles. The Balaban J connectivity index is 1.19. The molecule has 0 aromatic heterocycles. The van der Waals surface area contributed by atoms with Crippen LogP contribution in [0.3, 0.4) is 0 Å². The maximum atomic E-state index is 18.5. The summed E-state index contributed by atoms with van der Waals surface area (Å²) in [6, 6.07) is 37.4. The largest absolute Gasteiger partial charge is 0.251 e. The van der Waals surface area contributed by atoms with Gasteiger partial charge in [-0.1, -0.05) is 0 Å². The van der Waals surface area contributed by atoms with Crippen LogP contribution in [0.15, 0.2) is 120 Å². The summed E-state index contributed by atoms with van der Waals surface area (Å²) < 4.78 is 26.5. The van der Waals surface area contributed by atoms with Crippen molar-refractivity contribution in [1.82, 2.24) is 10.6 Å². The van der Waals surface area contributed by atoms with E-state index >= 15 is 4.20 Å². The maximum Gasteiger partial charge on any atom is -0.251 e. The fourth-order valence-electron chi connectivity index (χ4n) is 5.74. The summed E-state index contributed by atoms with van der Waals surface area (Å²) >= 11 is 0. The number of halogens is 1. The van der Waals surface area contributed by atoms with Gasteiger partial charge in [-0.05, 0) is 0 Å². The molecule has 1 aliphatic heterocycles. The average molecular weight is 599 g/mol. The number of hydrogen-bond donors (Lipinski definition) is 3. The number of nitrogens with zero attached hydrogens (tertiary/aromatic N) is 2. The molecule has 6 nitrogen and oxygen atoms in total. The minimum Gasteiger partial charge on any atom is -0.251 e. The van der Waals surface area contributed by atoms with Gasteiger partial charge in [-0.25, -0.2) is 5.32 Å². The van der Waals surface area contributed by atoms with E-state index < -0.39 is 6.91 Å². The van der Waals surface area contributed by atoms with E-state index in [0.29, 0.717) is 18.7 Å². The molecule has 0 amide bonds. The second-order valence-electron chi connectivity index (χ2n) is 11.2. The molecule has 224 valence electrons. The van der Waals surface area contributed by atoms with Gasteiger partial charge in [0.1, 0.15) is 0 Å². The second-order valence-corrected chi connectivity index (χ2v) is 15.5. The van der Waals surface area contributed by atoms with Crippen molar-refractivity contribution >= 4 is 34.7 Å². The van der Waals surface area contributed by atoms with Crippen LogP contribution in [0.5, 0.6) is 5.75 Å². The van der Waals surface area contributed by atoms with Crippen molar-refractivity contribution in [3.8, 4) is 5.75 Å². The monoisotopic (exact) mass is 598 g/mol. The van der Waals surface area contributed by atoms with Crippen LogP contribution >= 0.6 is 6.91 Å². The van der Waals surface area contributed by atoms with Crippen molar-refractivity contribution in [2.45, 2.75) is 31.8 Å². The Labute approximate surface area is 254 Å². The van der Waals surface area contributed by atoms with Crippen molar-refractivity contribution in [2.24, 2.45) is 10.7 Å². The van der Waals surface area contributed by atoms with Gasteiger partial charge in [-0.15, -0.1) is 0 Å². The van der Waals surface area contributed by atoms with Gasteiger partial charge in [-0.3, -0.25) is 9.89 Å². The van der Waals surface area contributed by atoms with E-state index in [1.807, 2.05) is 134 Å². The summed E-state index contributed by atoms with van der Waals surface area (Å²) in [5, 5.41) is 8.74. The Hall–Kier alpha value is -4.22. The van der Waals surface area contributed by atoms with Crippen LogP contribution in [0.25, 0.3) is 0 Å². The minimum atomic E-state index is -4.16. The minimum absolute atomic E-state index is 0.260. The van der Waals surface area contributed by atoms with E-state index in [0.717, 1.165) is 58.9 Å². The van der Waals surface area contributed by atoms with Crippen LogP contribution in [-0.4, -0.2) is 43.4 Å². The van der Waals surface area contributed by atoms with Crippen molar-refractivity contribution in [3.63, 3.8) is 0 Å². The molecular weight excluding hydrogens is 556 g/mol. The first-order chi connectivity index (χ1) is 20.9. The molecule has 0 fully saturated rings. The van der Waals surface area contributed by atoms with Crippen molar-refractivity contribution in [2.75, 3.05) is 26.9 Å². The number of ether oxygens (including phenoxy) is 1. The zero-order valence-electron chi connectivity index (χ0n) is 25.0. The quantitative estimate of drug-likeness (QED) is 0.120. The topological polar surface area (TPSA) is 74.7 Å². The standard InChI is InChI=1S/C35H41FN5OP/c1-41(2)35-39-33(38-34(37)40-35)28-22-24-29(25-23-28)42-26-14-3-4-15-27-43(36,30-16-8-5-9-17-30,31-18-10-6-11-19-31)32-20-12-7-13-21-32/h5-13,16-25,33H,3-4,14-15,26-27H2,1-2H3,(H3,37,38,39,40)/p+1. The molecule has 4 aromatic carbocycles. The molecule has 0 saturated heterocycles. The van der Waals surface area contributed by atoms with Crippen LogP contribution in [-0.2, 0) is 0 Å². The van der Waals surface area contributed by atoms with Gasteiger partial charge in [0.25, 0.3) is 5.96 Å². The van der Waals surface area contributed by atoms with Crippen LogP contribution in [0.1, 0.15) is 37.4 Å². The molecule has 1 unspecified atom stereocenters. The molecule has 5 rings (SSSR count). The Morgan fingerprint density at radius 2 is 1.26 bits per heavy atom. The Morgan fingerprint density at radius 3 is 1.77 bits per heavy atom. The zero-order chi connectivity index (χ0) is 30.1. The predicted molar refractivity (Wildman–Crippen MR) is 179 cm³/mol. The molecule has 1 heterocycles. The predicted octanol–water partition coefficient (Wildman–Crippen LogP) is 5.17. The molecule has 1 aliphatic rings. The van der Waals surface area contributed by atoms with Crippen molar-refractivity contribution < 1.29 is 13.5 Å². The summed E-state index contributed by atoms with van der Waals surface area (Å²) in [6.07, 6.45) is 3.83. The van der Waals surface area contributed by atoms with Gasteiger partial charge in [-0.2, -0.15) is 4.99 Å². The van der Waals surface area contributed by atoms with Crippen LogP contribution in [0.4, 0.5) is 4.20 Å². The zero-order valence-corrected chi connectivity index (χ0v) is 25.9. The Bertz CT molecular complexity index is 1440. The van der Waals surface area contributed by atoms with E-state index in [4.69, 9.17) is 10.5 Å². The van der Waals surface area contributed by atoms with E-state index in [2.05, 4.69) is 15.6 Å². The normalized spacial score (nSPS) is 15.8. The number of nitrogens with two attached hydrogens (primary N) is 1. The van der Waals surface area contributed by atoms with Crippen LogP contribution in [0, 0.1) is 0 Å². The number of guanidine groups is 2. The third kappa shape index (κ3) is 6.57. The molecular formula is C35H42FN5OP+. The molecule has 1 atom stereocenters. The Morgan fingerprint density at radius 1 is 0.744 bits per heavy atom. The molecule has 4 aromatic rings. The maximum absolute atomic E-state index is 18.5. The Kier molecular flexibility index (Phi) is 9.42. The van der Waals surface area contributed by atoms with E-state index in [9.17, 15) is 0 Å². The van der Waals surface area contributed by atoms with E-state index in [1.165, 1.54) is 0 Å². The van der Waals surface area contributed by atoms with Gasteiger partial charge in [0.2, 0.25) is 0 Å². The number of hydrogen-bond acceptors (Lipinski definition) is 3. The summed E-state index contributed by atoms with van der Waals surface area (Å²) in [5.41, 5.74) is 6.96. The first-order valence-electron chi connectivity index (χ1n) is 14.9. The first kappa shape index (κ1) is 30.2. The number of nitrogens with one attached hydrogen (secondary N) is 2. The molecule has 4 N–H and O–H groups in total. The first-order valence-corrected chi connectivity index (χ1v) is 17.2. The fraction of sp³-hybridized carbons (Fsp3) is 0.257. The summed E-state index contributed by atoms with van der Waals surface area (Å²) in [7, 11) is 3.87. The third-order valence-electron chi connectivity index (χ3n) is 8.06. The summed E-state index contributed by atoms with van der Waals surface area (Å²) in [5.74, 6) is 1.99. The number of benzene rings is 4. The van der Waals surface area contributed by atoms with E-state index in [1.54, 1.807) is 0 Å². The SMILES string of the molecule is C[N+](C)=C1NC(N)=NC(c2ccc(OCCCCCCP(F)(c3ccccc3)(c3ccccc3)c3ccccc3)cc2)N1. The average Bonchev–Trinajstić information content (AvgIpc) is 3.05. The van der Waals surface area contributed by atoms with Crippen molar-refractivity contribution in [3.05, 3.63) is 121 Å². The molecule has 0 spiro atoms. The second kappa shape index (κ2) is 13.4. The fourth-order valence-corrected chi connectivity index (χ4v) is 10.6. The summed E-state index contributed by atoms with van der Waals surface area (Å²) in [6.45, 7) is -3.54. The van der Waals surface area contributed by atoms with Gasteiger partial charge in [0.05, 0.1) is 14.1 Å². The molecule has 43 heavy (non-hydrogen) atoms. The van der Waals surface area contributed by atoms with Gasteiger partial charge < -0.3 is 5.73 Å². The van der Waals surface area contributed by atoms with Gasteiger partial charge in [0.15, 0.2) is 0 Å². The smallest absolute Gasteiger partial charge is 0.251 e. The number of rotatable bonds is 12. The van der Waals surface area contributed by atoms with Crippen LogP contribution < -0.4 is 37.0 Å². The van der Waals surface area contributed by atoms with Gasteiger partial charge >= 0.3 is 209 Å². The van der Waals surface area contributed by atoms with Crippen molar-refractivity contribution in [1.29, 1.82) is 0 Å².